The standard InChI is InChI=1S/C14H12N2O4/c17-14(15-18)13-7-6-12(16(19)20)9-11(13)8-10-4-2-1-3-5-10/h1-7,9,18H,8H2,(H,15,17). The zero-order chi connectivity index (χ0) is 14.5. The molecule has 1 amide bonds. The summed E-state index contributed by atoms with van der Waals surface area (Å²) in [5.41, 5.74) is 3.07. The fourth-order valence-corrected chi connectivity index (χ4v) is 1.94. The number of nitro groups is 1. The minimum Gasteiger partial charge on any atom is -0.288 e. The maximum atomic E-state index is 11.6. The van der Waals surface area contributed by atoms with Gasteiger partial charge in [0.25, 0.3) is 11.6 Å². The lowest BCUT2D eigenvalue weighted by Crippen LogP contribution is -2.20. The van der Waals surface area contributed by atoms with Gasteiger partial charge in [-0.25, -0.2) is 5.48 Å². The molecule has 0 unspecified atom stereocenters. The normalized spacial score (nSPS) is 10.1. The Labute approximate surface area is 114 Å². The zero-order valence-corrected chi connectivity index (χ0v) is 10.4. The molecule has 0 aliphatic carbocycles. The third-order valence-electron chi connectivity index (χ3n) is 2.88. The van der Waals surface area contributed by atoms with E-state index in [4.69, 9.17) is 5.21 Å². The van der Waals surface area contributed by atoms with Gasteiger partial charge >= 0.3 is 0 Å². The molecule has 0 heterocycles. The van der Waals surface area contributed by atoms with E-state index in [1.807, 2.05) is 30.3 Å². The second-order valence-electron chi connectivity index (χ2n) is 4.20. The molecule has 0 fully saturated rings. The Bertz CT molecular complexity index is 641. The van der Waals surface area contributed by atoms with Crippen molar-refractivity contribution in [2.75, 3.05) is 0 Å². The van der Waals surface area contributed by atoms with Crippen molar-refractivity contribution in [3.8, 4) is 0 Å². The summed E-state index contributed by atoms with van der Waals surface area (Å²) < 4.78 is 0. The summed E-state index contributed by atoms with van der Waals surface area (Å²) in [5.74, 6) is -0.689. The van der Waals surface area contributed by atoms with Gasteiger partial charge < -0.3 is 0 Å². The zero-order valence-electron chi connectivity index (χ0n) is 10.4. The monoisotopic (exact) mass is 272 g/mol. The first-order valence-corrected chi connectivity index (χ1v) is 5.87. The van der Waals surface area contributed by atoms with Crippen LogP contribution >= 0.6 is 0 Å². The lowest BCUT2D eigenvalue weighted by molar-refractivity contribution is -0.384. The highest BCUT2D eigenvalue weighted by Crippen LogP contribution is 2.21. The number of benzene rings is 2. The molecule has 0 aliphatic heterocycles. The predicted molar refractivity (Wildman–Crippen MR) is 71.6 cm³/mol. The Balaban J connectivity index is 2.44. The van der Waals surface area contributed by atoms with Crippen molar-refractivity contribution >= 4 is 11.6 Å². The van der Waals surface area contributed by atoms with Crippen LogP contribution in [-0.2, 0) is 6.42 Å². The van der Waals surface area contributed by atoms with Gasteiger partial charge in [-0.2, -0.15) is 0 Å². The lowest BCUT2D eigenvalue weighted by Gasteiger charge is -2.08. The van der Waals surface area contributed by atoms with E-state index in [1.54, 1.807) is 5.48 Å². The SMILES string of the molecule is O=C(NO)c1ccc([N+](=O)[O-])cc1Cc1ccccc1. The Hall–Kier alpha value is -2.73. The highest BCUT2D eigenvalue weighted by molar-refractivity contribution is 5.95. The first-order valence-electron chi connectivity index (χ1n) is 5.87. The summed E-state index contributed by atoms with van der Waals surface area (Å²) in [6.07, 6.45) is 0.366. The minimum absolute atomic E-state index is 0.0922. The van der Waals surface area contributed by atoms with Crippen molar-refractivity contribution in [2.24, 2.45) is 0 Å². The van der Waals surface area contributed by atoms with E-state index in [0.717, 1.165) is 5.56 Å². The highest BCUT2D eigenvalue weighted by Gasteiger charge is 2.15. The van der Waals surface area contributed by atoms with Crippen LogP contribution in [0.5, 0.6) is 0 Å². The van der Waals surface area contributed by atoms with Gasteiger partial charge in [0.1, 0.15) is 0 Å². The summed E-state index contributed by atoms with van der Waals surface area (Å²) in [6, 6.07) is 13.2. The molecule has 0 atom stereocenters. The van der Waals surface area contributed by atoms with Crippen LogP contribution in [0.15, 0.2) is 48.5 Å². The topological polar surface area (TPSA) is 92.5 Å². The maximum Gasteiger partial charge on any atom is 0.274 e. The number of amides is 1. The minimum atomic E-state index is -0.689. The average Bonchev–Trinajstić information content (AvgIpc) is 2.47. The van der Waals surface area contributed by atoms with Crippen LogP contribution in [0.3, 0.4) is 0 Å². The number of nitrogens with zero attached hydrogens (tertiary/aromatic N) is 1. The molecule has 0 aliphatic rings. The summed E-state index contributed by atoms with van der Waals surface area (Å²) in [6.45, 7) is 0. The molecule has 0 radical (unpaired) electrons. The Morgan fingerprint density at radius 1 is 1.20 bits per heavy atom. The number of hydroxylamine groups is 1. The quantitative estimate of drug-likeness (QED) is 0.507. The fourth-order valence-electron chi connectivity index (χ4n) is 1.94. The fraction of sp³-hybridized carbons (Fsp3) is 0.0714. The van der Waals surface area contributed by atoms with E-state index >= 15 is 0 Å². The first-order chi connectivity index (χ1) is 9.61. The molecule has 2 N–H and O–H groups in total. The number of hydrogen-bond acceptors (Lipinski definition) is 4. The van der Waals surface area contributed by atoms with Gasteiger partial charge in [-0.1, -0.05) is 30.3 Å². The van der Waals surface area contributed by atoms with Gasteiger partial charge in [-0.15, -0.1) is 0 Å². The number of rotatable bonds is 4. The first kappa shape index (κ1) is 13.7. The van der Waals surface area contributed by atoms with Crippen molar-refractivity contribution in [3.05, 3.63) is 75.3 Å². The molecule has 2 rings (SSSR count). The van der Waals surface area contributed by atoms with Crippen LogP contribution in [0.2, 0.25) is 0 Å². The van der Waals surface area contributed by atoms with Crippen molar-refractivity contribution in [1.82, 2.24) is 5.48 Å². The van der Waals surface area contributed by atoms with E-state index in [1.165, 1.54) is 18.2 Å². The number of carbonyl (C=O) groups excluding carboxylic acids is 1. The van der Waals surface area contributed by atoms with Crippen LogP contribution in [0, 0.1) is 10.1 Å². The second-order valence-corrected chi connectivity index (χ2v) is 4.20. The van der Waals surface area contributed by atoms with E-state index in [0.29, 0.717) is 12.0 Å². The molecule has 6 heteroatoms. The van der Waals surface area contributed by atoms with Crippen molar-refractivity contribution in [3.63, 3.8) is 0 Å². The predicted octanol–water partition coefficient (Wildman–Crippen LogP) is 2.30. The number of carbonyl (C=O) groups is 1. The van der Waals surface area contributed by atoms with E-state index < -0.39 is 10.8 Å². The molecule has 0 spiro atoms. The molecule has 0 saturated carbocycles. The van der Waals surface area contributed by atoms with Gasteiger partial charge in [0.05, 0.1) is 4.92 Å². The number of nitrogens with one attached hydrogen (secondary N) is 1. The van der Waals surface area contributed by atoms with E-state index in [9.17, 15) is 14.9 Å². The van der Waals surface area contributed by atoms with Gasteiger partial charge in [0.2, 0.25) is 0 Å². The second kappa shape index (κ2) is 5.94. The van der Waals surface area contributed by atoms with E-state index in [-0.39, 0.29) is 11.3 Å². The average molecular weight is 272 g/mol. The summed E-state index contributed by atoms with van der Waals surface area (Å²) >= 11 is 0. The molecule has 2 aromatic carbocycles. The molecule has 0 aromatic heterocycles. The Morgan fingerprint density at radius 3 is 2.50 bits per heavy atom. The molecule has 0 bridgehead atoms. The molecule has 20 heavy (non-hydrogen) atoms. The Kier molecular flexibility index (Phi) is 4.07. The summed E-state index contributed by atoms with van der Waals surface area (Å²) in [5, 5.41) is 19.5. The van der Waals surface area contributed by atoms with Crippen molar-refractivity contribution in [2.45, 2.75) is 6.42 Å². The third kappa shape index (κ3) is 2.99. The van der Waals surface area contributed by atoms with Gasteiger partial charge in [-0.05, 0) is 23.6 Å². The van der Waals surface area contributed by atoms with Gasteiger partial charge in [0, 0.05) is 17.7 Å². The summed E-state index contributed by atoms with van der Waals surface area (Å²) in [4.78, 5) is 21.9. The molecular weight excluding hydrogens is 260 g/mol. The van der Waals surface area contributed by atoms with Gasteiger partial charge in [0.15, 0.2) is 0 Å². The van der Waals surface area contributed by atoms with Crippen LogP contribution in [0.4, 0.5) is 5.69 Å². The highest BCUT2D eigenvalue weighted by atomic mass is 16.6. The number of non-ortho nitro benzene ring substituents is 1. The van der Waals surface area contributed by atoms with Gasteiger partial charge in [-0.3, -0.25) is 20.1 Å². The van der Waals surface area contributed by atoms with E-state index in [2.05, 4.69) is 0 Å². The van der Waals surface area contributed by atoms with Crippen molar-refractivity contribution in [1.29, 1.82) is 0 Å². The smallest absolute Gasteiger partial charge is 0.274 e. The van der Waals surface area contributed by atoms with Crippen LogP contribution in [0.1, 0.15) is 21.5 Å². The number of hydrogen-bond donors (Lipinski definition) is 2. The maximum absolute atomic E-state index is 11.6. The molecule has 102 valence electrons. The number of nitro benzene ring substituents is 1. The van der Waals surface area contributed by atoms with Crippen molar-refractivity contribution < 1.29 is 14.9 Å². The third-order valence-corrected chi connectivity index (χ3v) is 2.88. The van der Waals surface area contributed by atoms with Crippen LogP contribution in [0.25, 0.3) is 0 Å². The molecule has 6 nitrogen and oxygen atoms in total. The Morgan fingerprint density at radius 2 is 1.90 bits per heavy atom. The molecular formula is C14H12N2O4. The summed E-state index contributed by atoms with van der Waals surface area (Å²) in [7, 11) is 0. The lowest BCUT2D eigenvalue weighted by atomic mass is 9.98. The molecule has 0 saturated heterocycles. The van der Waals surface area contributed by atoms with Crippen LogP contribution in [-0.4, -0.2) is 16.0 Å². The largest absolute Gasteiger partial charge is 0.288 e. The molecule has 2 aromatic rings. The van der Waals surface area contributed by atoms with Crippen LogP contribution < -0.4 is 5.48 Å².